The smallest absolute Gasteiger partial charge is 0.244 e. The van der Waals surface area contributed by atoms with Gasteiger partial charge in [0.25, 0.3) is 0 Å². The Morgan fingerprint density at radius 1 is 0.914 bits per heavy atom. The van der Waals surface area contributed by atoms with Crippen molar-refractivity contribution in [2.45, 2.75) is 20.0 Å². The minimum Gasteiger partial charge on any atom is -0.493 e. The maximum Gasteiger partial charge on any atom is 0.244 e. The van der Waals surface area contributed by atoms with E-state index in [1.807, 2.05) is 19.1 Å². The van der Waals surface area contributed by atoms with Gasteiger partial charge in [0, 0.05) is 15.6 Å². The molecule has 0 aromatic heterocycles. The van der Waals surface area contributed by atoms with Gasteiger partial charge in [-0.15, -0.1) is 0 Å². The van der Waals surface area contributed by atoms with Crippen LogP contribution in [-0.4, -0.2) is 32.9 Å². The molecule has 0 unspecified atom stereocenters. The summed E-state index contributed by atoms with van der Waals surface area (Å²) < 4.78 is 22.1. The molecule has 184 valence electrons. The first-order valence-corrected chi connectivity index (χ1v) is 11.6. The number of hydrogen-bond acceptors (Lipinski definition) is 6. The van der Waals surface area contributed by atoms with Crippen molar-refractivity contribution in [1.82, 2.24) is 5.43 Å². The summed E-state index contributed by atoms with van der Waals surface area (Å²) in [5, 5.41) is 5.15. The third-order valence-corrected chi connectivity index (χ3v) is 5.47. The van der Waals surface area contributed by atoms with Crippen molar-refractivity contribution in [3.63, 3.8) is 0 Å². The number of ether oxygens (including phenoxy) is 4. The second-order valence-electron chi connectivity index (χ2n) is 7.32. The van der Waals surface area contributed by atoms with Crippen LogP contribution in [0.3, 0.4) is 0 Å². The van der Waals surface area contributed by atoms with Crippen LogP contribution in [0.1, 0.15) is 23.6 Å². The topological polar surface area (TPSA) is 78.4 Å². The molecule has 0 aliphatic rings. The zero-order valence-corrected chi connectivity index (χ0v) is 21.2. The molecule has 0 spiro atoms. The summed E-state index contributed by atoms with van der Waals surface area (Å²) in [5.74, 6) is 2.01. The molecule has 0 fully saturated rings. The predicted octanol–water partition coefficient (Wildman–Crippen LogP) is 5.68. The first kappa shape index (κ1) is 26.2. The fourth-order valence-corrected chi connectivity index (χ4v) is 3.64. The minimum atomic E-state index is -0.265. The zero-order valence-electron chi connectivity index (χ0n) is 19.6. The number of hydrogen-bond donors (Lipinski definition) is 1. The fourth-order valence-electron chi connectivity index (χ4n) is 3.18. The van der Waals surface area contributed by atoms with Gasteiger partial charge >= 0.3 is 0 Å². The highest BCUT2D eigenvalue weighted by atomic mass is 35.5. The van der Waals surface area contributed by atoms with Crippen LogP contribution in [0.5, 0.6) is 23.0 Å². The second-order valence-corrected chi connectivity index (χ2v) is 8.17. The van der Waals surface area contributed by atoms with E-state index in [2.05, 4.69) is 10.5 Å². The molecule has 3 aromatic carbocycles. The Hall–Kier alpha value is -3.42. The van der Waals surface area contributed by atoms with E-state index in [0.717, 1.165) is 16.7 Å². The van der Waals surface area contributed by atoms with Gasteiger partial charge in [-0.1, -0.05) is 35.3 Å². The Balaban J connectivity index is 1.61. The number of nitrogens with one attached hydrogen (secondary N) is 1. The molecule has 35 heavy (non-hydrogen) atoms. The van der Waals surface area contributed by atoms with Gasteiger partial charge < -0.3 is 18.9 Å². The van der Waals surface area contributed by atoms with Crippen molar-refractivity contribution in [2.24, 2.45) is 5.10 Å². The fraction of sp³-hybridized carbons (Fsp3) is 0.231. The first-order valence-electron chi connectivity index (χ1n) is 10.8. The quantitative estimate of drug-likeness (QED) is 0.262. The summed E-state index contributed by atoms with van der Waals surface area (Å²) in [5.41, 5.74) is 4.84. The number of hydrazone groups is 1. The number of benzene rings is 3. The zero-order chi connectivity index (χ0) is 25.2. The highest BCUT2D eigenvalue weighted by Gasteiger charge is 2.10. The van der Waals surface area contributed by atoms with E-state index in [-0.39, 0.29) is 18.9 Å². The van der Waals surface area contributed by atoms with Crippen LogP contribution in [0, 0.1) is 0 Å². The summed E-state index contributed by atoms with van der Waals surface area (Å²) >= 11 is 12.2. The number of methoxy groups -OCH3 is 2. The van der Waals surface area contributed by atoms with Gasteiger partial charge in [0.1, 0.15) is 6.61 Å². The Labute approximate surface area is 214 Å². The molecule has 3 rings (SSSR count). The lowest BCUT2D eigenvalue weighted by atomic mass is 10.1. The molecule has 0 bridgehead atoms. The van der Waals surface area contributed by atoms with Crippen LogP contribution in [0.15, 0.2) is 59.7 Å². The van der Waals surface area contributed by atoms with E-state index in [9.17, 15) is 4.79 Å². The number of rotatable bonds is 11. The molecule has 0 atom stereocenters. The van der Waals surface area contributed by atoms with E-state index in [0.29, 0.717) is 39.7 Å². The summed E-state index contributed by atoms with van der Waals surface area (Å²) in [6.07, 6.45) is 1.68. The van der Waals surface area contributed by atoms with E-state index in [1.165, 1.54) is 6.21 Å². The van der Waals surface area contributed by atoms with Gasteiger partial charge in [-0.05, 0) is 60.5 Å². The molecule has 0 aliphatic heterocycles. The van der Waals surface area contributed by atoms with Crippen LogP contribution >= 0.6 is 23.2 Å². The molecular weight excluding hydrogens is 491 g/mol. The highest BCUT2D eigenvalue weighted by Crippen LogP contribution is 2.30. The molecule has 1 N–H and O–H groups in total. The van der Waals surface area contributed by atoms with E-state index < -0.39 is 0 Å². The number of carbonyl (C=O) groups is 1. The van der Waals surface area contributed by atoms with Crippen molar-refractivity contribution in [2.75, 3.05) is 20.8 Å². The summed E-state index contributed by atoms with van der Waals surface area (Å²) in [4.78, 5) is 12.3. The molecule has 3 aromatic rings. The third kappa shape index (κ3) is 7.53. The SMILES string of the molecule is CCOc1cc(/C=N/NC(=O)Cc2ccc(OC)c(OC)c2)ccc1OCc1ccc(Cl)cc1Cl. The Morgan fingerprint density at radius 3 is 2.40 bits per heavy atom. The second kappa shape index (κ2) is 12.9. The van der Waals surface area contributed by atoms with E-state index in [1.54, 1.807) is 56.7 Å². The minimum absolute atomic E-state index is 0.141. The van der Waals surface area contributed by atoms with E-state index in [4.69, 9.17) is 42.1 Å². The van der Waals surface area contributed by atoms with Gasteiger partial charge in [-0.3, -0.25) is 4.79 Å². The van der Waals surface area contributed by atoms with Crippen LogP contribution in [0.25, 0.3) is 0 Å². The molecular formula is C26H26Cl2N2O5. The Kier molecular flexibility index (Phi) is 9.64. The number of carbonyl (C=O) groups excluding carboxylic acids is 1. The van der Waals surface area contributed by atoms with Crippen molar-refractivity contribution >= 4 is 35.3 Å². The molecule has 0 saturated heterocycles. The van der Waals surface area contributed by atoms with Crippen molar-refractivity contribution in [1.29, 1.82) is 0 Å². The van der Waals surface area contributed by atoms with Crippen molar-refractivity contribution in [3.05, 3.63) is 81.3 Å². The van der Waals surface area contributed by atoms with E-state index >= 15 is 0 Å². The lowest BCUT2D eigenvalue weighted by molar-refractivity contribution is -0.120. The van der Waals surface area contributed by atoms with Crippen molar-refractivity contribution in [3.8, 4) is 23.0 Å². The average molecular weight is 517 g/mol. The third-order valence-electron chi connectivity index (χ3n) is 4.88. The monoisotopic (exact) mass is 516 g/mol. The normalized spacial score (nSPS) is 10.8. The summed E-state index contributed by atoms with van der Waals surface area (Å²) in [6.45, 7) is 2.60. The van der Waals surface area contributed by atoms with Gasteiger partial charge in [-0.25, -0.2) is 5.43 Å². The van der Waals surface area contributed by atoms with Gasteiger partial charge in [0.15, 0.2) is 23.0 Å². The summed E-state index contributed by atoms with van der Waals surface area (Å²) in [6, 6.07) is 15.9. The molecule has 0 radical (unpaired) electrons. The molecule has 0 saturated carbocycles. The maximum absolute atomic E-state index is 12.3. The average Bonchev–Trinajstić information content (AvgIpc) is 2.84. The van der Waals surface area contributed by atoms with Gasteiger partial charge in [0.05, 0.1) is 33.5 Å². The molecule has 1 amide bonds. The molecule has 0 heterocycles. The van der Waals surface area contributed by atoms with Crippen LogP contribution in [0.2, 0.25) is 10.0 Å². The van der Waals surface area contributed by atoms with Crippen LogP contribution in [-0.2, 0) is 17.8 Å². The maximum atomic E-state index is 12.3. The first-order chi connectivity index (χ1) is 16.9. The van der Waals surface area contributed by atoms with Crippen LogP contribution < -0.4 is 24.4 Å². The molecule has 0 aliphatic carbocycles. The van der Waals surface area contributed by atoms with Gasteiger partial charge in [0.2, 0.25) is 5.91 Å². The number of nitrogens with zero attached hydrogens (tertiary/aromatic N) is 1. The lowest BCUT2D eigenvalue weighted by Crippen LogP contribution is -2.19. The van der Waals surface area contributed by atoms with Crippen molar-refractivity contribution < 1.29 is 23.7 Å². The Morgan fingerprint density at radius 2 is 1.69 bits per heavy atom. The summed E-state index contributed by atoms with van der Waals surface area (Å²) in [7, 11) is 3.11. The lowest BCUT2D eigenvalue weighted by Gasteiger charge is -2.13. The molecule has 9 heteroatoms. The predicted molar refractivity (Wildman–Crippen MR) is 137 cm³/mol. The largest absolute Gasteiger partial charge is 0.493 e. The standard InChI is InChI=1S/C26H26Cl2N2O5/c1-4-34-25-12-18(6-10-23(25)35-16-19-7-8-20(27)14-21(19)28)15-29-30-26(31)13-17-5-9-22(32-2)24(11-17)33-3/h5-12,14-15H,4,13,16H2,1-3H3,(H,30,31)/b29-15+. The number of amides is 1. The van der Waals surface area contributed by atoms with Gasteiger partial charge in [-0.2, -0.15) is 5.10 Å². The number of halogens is 2. The Bertz CT molecular complexity index is 1200. The van der Waals surface area contributed by atoms with Crippen LogP contribution in [0.4, 0.5) is 0 Å². The molecule has 7 nitrogen and oxygen atoms in total. The highest BCUT2D eigenvalue weighted by molar-refractivity contribution is 6.35.